The lowest BCUT2D eigenvalue weighted by Crippen LogP contribution is -2.06. The first-order valence-corrected chi connectivity index (χ1v) is 12.2. The number of Topliss-reactive ketones (excluding diaryl/α,β-unsaturated/α-hetero) is 1. The van der Waals surface area contributed by atoms with Crippen LogP contribution in [0.2, 0.25) is 0 Å². The molecule has 6 nitrogen and oxygen atoms in total. The van der Waals surface area contributed by atoms with Gasteiger partial charge in [0.25, 0.3) is 0 Å². The second-order valence-electron chi connectivity index (χ2n) is 7.13. The van der Waals surface area contributed by atoms with Crippen LogP contribution >= 0.6 is 0 Å². The number of benzene rings is 3. The Morgan fingerprint density at radius 1 is 0.677 bits per heavy atom. The minimum absolute atomic E-state index is 0.0203. The third-order valence-electron chi connectivity index (χ3n) is 5.35. The van der Waals surface area contributed by atoms with E-state index < -0.39 is 41.0 Å². The summed E-state index contributed by atoms with van der Waals surface area (Å²) in [5.74, 6) is -1.38. The van der Waals surface area contributed by atoms with Crippen molar-refractivity contribution in [3.05, 3.63) is 99.8 Å². The Morgan fingerprint density at radius 2 is 1.35 bits per heavy atom. The molecule has 8 heteroatoms. The summed E-state index contributed by atoms with van der Waals surface area (Å²) in [6.45, 7) is 0. The van der Waals surface area contributed by atoms with Crippen LogP contribution in [0.3, 0.4) is 0 Å². The molecule has 2 aliphatic heterocycles. The van der Waals surface area contributed by atoms with Crippen LogP contribution < -0.4 is 0 Å². The van der Waals surface area contributed by atoms with Crippen molar-refractivity contribution in [2.24, 2.45) is 0 Å². The molecule has 31 heavy (non-hydrogen) atoms. The number of ketones is 1. The first-order valence-electron chi connectivity index (χ1n) is 9.21. The maximum Gasteiger partial charge on any atom is 0.211 e. The summed E-state index contributed by atoms with van der Waals surface area (Å²) in [6.07, 6.45) is 0.768. The van der Waals surface area contributed by atoms with Crippen molar-refractivity contribution >= 4 is 31.2 Å². The van der Waals surface area contributed by atoms with Gasteiger partial charge >= 0.3 is 0 Å². The van der Waals surface area contributed by atoms with Gasteiger partial charge in [-0.15, -0.1) is 0 Å². The van der Waals surface area contributed by atoms with Gasteiger partial charge in [-0.3, -0.25) is 4.79 Å². The molecule has 1 N–H and O–H groups in total. The molecule has 0 amide bonds. The maximum absolute atomic E-state index is 13.2. The van der Waals surface area contributed by atoms with Crippen LogP contribution in [-0.2, 0) is 19.7 Å². The fourth-order valence-electron chi connectivity index (χ4n) is 3.80. The molecule has 5 rings (SSSR count). The second-order valence-corrected chi connectivity index (χ2v) is 10.9. The van der Waals surface area contributed by atoms with E-state index in [4.69, 9.17) is 0 Å². The van der Waals surface area contributed by atoms with Crippen molar-refractivity contribution in [3.63, 3.8) is 0 Å². The van der Waals surface area contributed by atoms with E-state index in [1.54, 1.807) is 6.07 Å². The topological polar surface area (TPSA) is 106 Å². The smallest absolute Gasteiger partial charge is 0.211 e. The molecule has 0 unspecified atom stereocenters. The van der Waals surface area contributed by atoms with Gasteiger partial charge in [0.05, 0.1) is 9.79 Å². The van der Waals surface area contributed by atoms with Gasteiger partial charge in [-0.25, -0.2) is 16.8 Å². The first-order chi connectivity index (χ1) is 14.7. The summed E-state index contributed by atoms with van der Waals surface area (Å²) in [5, 5.41) is 10.6. The van der Waals surface area contributed by atoms with Crippen molar-refractivity contribution in [1.29, 1.82) is 0 Å². The molecule has 3 aromatic rings. The minimum Gasteiger partial charge on any atom is -0.506 e. The zero-order chi connectivity index (χ0) is 22.0. The molecule has 0 aromatic heterocycles. The van der Waals surface area contributed by atoms with E-state index in [1.807, 2.05) is 30.3 Å². The average Bonchev–Trinajstić information content (AvgIpc) is 3.08. The minimum atomic E-state index is -4.24. The summed E-state index contributed by atoms with van der Waals surface area (Å²) >= 11 is 0. The molecule has 0 bridgehead atoms. The zero-order valence-corrected chi connectivity index (χ0v) is 17.4. The fraction of sp³-hybridized carbons (Fsp3) is 0. The molecule has 154 valence electrons. The van der Waals surface area contributed by atoms with Crippen LogP contribution in [0.4, 0.5) is 0 Å². The van der Waals surface area contributed by atoms with Gasteiger partial charge < -0.3 is 5.11 Å². The third kappa shape index (κ3) is 2.72. The fourth-order valence-corrected chi connectivity index (χ4v) is 7.06. The lowest BCUT2D eigenvalue weighted by atomic mass is 10.0. The molecule has 0 radical (unpaired) electrons. The SMILES string of the molecule is O=C1/C(=C/C2=C(O)c3ccc(-c4ccccc4)cc3S2(=O)=O)S(=O)(=O)c2ccccc21. The number of fused-ring (bicyclic) bond motifs is 2. The molecule has 0 saturated heterocycles. The van der Waals surface area contributed by atoms with Gasteiger partial charge in [0.15, 0.2) is 0 Å². The van der Waals surface area contributed by atoms with Crippen LogP contribution in [-0.4, -0.2) is 27.7 Å². The third-order valence-corrected chi connectivity index (χ3v) is 8.98. The highest BCUT2D eigenvalue weighted by Gasteiger charge is 2.42. The number of aliphatic hydroxyl groups excluding tert-OH is 1. The van der Waals surface area contributed by atoms with Gasteiger partial charge in [0.2, 0.25) is 25.5 Å². The van der Waals surface area contributed by atoms with Crippen molar-refractivity contribution in [1.82, 2.24) is 0 Å². The molecule has 2 heterocycles. The van der Waals surface area contributed by atoms with Crippen molar-refractivity contribution in [2.45, 2.75) is 9.79 Å². The Morgan fingerprint density at radius 3 is 2.06 bits per heavy atom. The van der Waals surface area contributed by atoms with Crippen molar-refractivity contribution in [2.75, 3.05) is 0 Å². The predicted molar refractivity (Wildman–Crippen MR) is 115 cm³/mol. The van der Waals surface area contributed by atoms with E-state index in [0.717, 1.165) is 11.6 Å². The van der Waals surface area contributed by atoms with Gasteiger partial charge in [-0.05, 0) is 41.5 Å². The number of hydrogen-bond acceptors (Lipinski definition) is 6. The van der Waals surface area contributed by atoms with Gasteiger partial charge in [-0.1, -0.05) is 48.5 Å². The summed E-state index contributed by atoms with van der Waals surface area (Å²) in [6, 6.07) is 19.4. The molecule has 3 aromatic carbocycles. The van der Waals surface area contributed by atoms with Crippen molar-refractivity contribution in [3.8, 4) is 11.1 Å². The Hall–Kier alpha value is -3.49. The predicted octanol–water partition coefficient (Wildman–Crippen LogP) is 3.92. The molecule has 2 aliphatic rings. The van der Waals surface area contributed by atoms with E-state index in [1.165, 1.54) is 36.4 Å². The molecule has 0 spiro atoms. The summed E-state index contributed by atoms with van der Waals surface area (Å²) in [7, 11) is -8.43. The number of carbonyl (C=O) groups excluding carboxylic acids is 1. The monoisotopic (exact) mass is 450 g/mol. The largest absolute Gasteiger partial charge is 0.506 e. The van der Waals surface area contributed by atoms with E-state index >= 15 is 0 Å². The summed E-state index contributed by atoms with van der Waals surface area (Å²) in [4.78, 5) is 11.1. The number of sulfone groups is 2. The molecule has 0 fully saturated rings. The Bertz CT molecular complexity index is 1560. The zero-order valence-electron chi connectivity index (χ0n) is 15.8. The quantitative estimate of drug-likeness (QED) is 0.593. The van der Waals surface area contributed by atoms with Crippen LogP contribution in [0.25, 0.3) is 16.9 Å². The molecular weight excluding hydrogens is 436 g/mol. The number of rotatable bonds is 2. The standard InChI is InChI=1S/C23H14O6S2/c24-22-16-8-4-5-9-18(16)30(26,27)20(22)13-21-23(25)17-11-10-15(12-19(17)31(21,28)29)14-6-2-1-3-7-14/h1-13,25H/b20-13-. The van der Waals surface area contributed by atoms with E-state index in [-0.39, 0.29) is 20.9 Å². The molecule has 0 saturated carbocycles. The van der Waals surface area contributed by atoms with Gasteiger partial charge in [-0.2, -0.15) is 0 Å². The number of aliphatic hydroxyl groups is 1. The number of hydrogen-bond donors (Lipinski definition) is 1. The second kappa shape index (κ2) is 6.50. The van der Waals surface area contributed by atoms with Gasteiger partial charge in [0, 0.05) is 11.1 Å². The van der Waals surface area contributed by atoms with Crippen LogP contribution in [0, 0.1) is 0 Å². The molecular formula is C23H14O6S2. The highest BCUT2D eigenvalue weighted by Crippen LogP contribution is 2.43. The maximum atomic E-state index is 13.2. The van der Waals surface area contributed by atoms with E-state index in [2.05, 4.69) is 0 Å². The summed E-state index contributed by atoms with van der Waals surface area (Å²) < 4.78 is 52.0. The number of allylic oxidation sites excluding steroid dienone is 2. The van der Waals surface area contributed by atoms with Crippen LogP contribution in [0.1, 0.15) is 15.9 Å². The van der Waals surface area contributed by atoms with E-state index in [0.29, 0.717) is 5.56 Å². The Kier molecular flexibility index (Phi) is 4.08. The first kappa shape index (κ1) is 19.5. The van der Waals surface area contributed by atoms with Crippen molar-refractivity contribution < 1.29 is 26.7 Å². The number of carbonyl (C=O) groups is 1. The lowest BCUT2D eigenvalue weighted by molar-refractivity contribution is 0.104. The Labute approximate surface area is 178 Å². The highest BCUT2D eigenvalue weighted by molar-refractivity contribution is 7.97. The van der Waals surface area contributed by atoms with E-state index in [9.17, 15) is 26.7 Å². The average molecular weight is 450 g/mol. The molecule has 0 atom stereocenters. The van der Waals surface area contributed by atoms with Crippen LogP contribution in [0.5, 0.6) is 0 Å². The highest BCUT2D eigenvalue weighted by atomic mass is 32.2. The van der Waals surface area contributed by atoms with Gasteiger partial charge in [0.1, 0.15) is 15.6 Å². The summed E-state index contributed by atoms with van der Waals surface area (Å²) in [5.41, 5.74) is 1.46. The normalized spacial score (nSPS) is 19.5. The van der Waals surface area contributed by atoms with Crippen LogP contribution in [0.15, 0.2) is 98.5 Å². The molecule has 0 aliphatic carbocycles. The Balaban J connectivity index is 1.67. The lowest BCUT2D eigenvalue weighted by Gasteiger charge is -2.05.